The molecule has 0 radical (unpaired) electrons. The van der Waals surface area contributed by atoms with Crippen LogP contribution in [0.4, 0.5) is 0 Å². The van der Waals surface area contributed by atoms with E-state index < -0.39 is 0 Å². The molecule has 1 atom stereocenters. The molecule has 1 aromatic rings. The van der Waals surface area contributed by atoms with E-state index in [1.807, 2.05) is 24.1 Å². The zero-order valence-electron chi connectivity index (χ0n) is 8.69. The SMILES string of the molecule is CC(C(=O)N1CCCC1)n1ccc(Br)n1. The number of hydrogen-bond donors (Lipinski definition) is 0. The molecule has 82 valence electrons. The highest BCUT2D eigenvalue weighted by Gasteiger charge is 2.24. The quantitative estimate of drug-likeness (QED) is 0.823. The first kappa shape index (κ1) is 10.7. The molecule has 4 nitrogen and oxygen atoms in total. The number of rotatable bonds is 2. The number of hydrogen-bond acceptors (Lipinski definition) is 2. The van der Waals surface area contributed by atoms with Crippen LogP contribution in [0.15, 0.2) is 16.9 Å². The smallest absolute Gasteiger partial charge is 0.247 e. The predicted molar refractivity (Wildman–Crippen MR) is 60.5 cm³/mol. The minimum Gasteiger partial charge on any atom is -0.341 e. The van der Waals surface area contributed by atoms with Crippen LogP contribution in [0.1, 0.15) is 25.8 Å². The Bertz CT molecular complexity index is 357. The van der Waals surface area contributed by atoms with Crippen LogP contribution in [0, 0.1) is 0 Å². The van der Waals surface area contributed by atoms with Crippen LogP contribution in [-0.4, -0.2) is 33.7 Å². The predicted octanol–water partition coefficient (Wildman–Crippen LogP) is 1.83. The van der Waals surface area contributed by atoms with E-state index in [0.717, 1.165) is 30.5 Å². The van der Waals surface area contributed by atoms with E-state index in [0.29, 0.717) is 0 Å². The molecule has 15 heavy (non-hydrogen) atoms. The van der Waals surface area contributed by atoms with Gasteiger partial charge in [-0.05, 0) is 41.8 Å². The second-order valence-corrected chi connectivity index (χ2v) is 4.64. The van der Waals surface area contributed by atoms with Crippen LogP contribution < -0.4 is 0 Å². The molecular formula is C10H14BrN3O. The van der Waals surface area contributed by atoms with Crippen molar-refractivity contribution in [2.75, 3.05) is 13.1 Å². The zero-order valence-corrected chi connectivity index (χ0v) is 10.3. The summed E-state index contributed by atoms with van der Waals surface area (Å²) in [6.07, 6.45) is 4.07. The van der Waals surface area contributed by atoms with E-state index in [9.17, 15) is 4.79 Å². The molecule has 1 aromatic heterocycles. The summed E-state index contributed by atoms with van der Waals surface area (Å²) in [6, 6.07) is 1.64. The van der Waals surface area contributed by atoms with Gasteiger partial charge in [0.25, 0.3) is 0 Å². The largest absolute Gasteiger partial charge is 0.341 e. The molecule has 1 fully saturated rings. The fourth-order valence-electron chi connectivity index (χ4n) is 1.85. The third-order valence-corrected chi connectivity index (χ3v) is 3.17. The van der Waals surface area contributed by atoms with Crippen LogP contribution in [0.2, 0.25) is 0 Å². The van der Waals surface area contributed by atoms with Crippen LogP contribution in [0.3, 0.4) is 0 Å². The van der Waals surface area contributed by atoms with E-state index in [1.165, 1.54) is 0 Å². The summed E-state index contributed by atoms with van der Waals surface area (Å²) >= 11 is 3.28. The van der Waals surface area contributed by atoms with Crippen LogP contribution in [0.5, 0.6) is 0 Å². The summed E-state index contributed by atoms with van der Waals surface area (Å²) in [5.41, 5.74) is 0. The maximum Gasteiger partial charge on any atom is 0.247 e. The topological polar surface area (TPSA) is 38.1 Å². The Morgan fingerprint density at radius 2 is 2.20 bits per heavy atom. The first-order chi connectivity index (χ1) is 7.18. The number of nitrogens with zero attached hydrogens (tertiary/aromatic N) is 3. The number of carbonyl (C=O) groups excluding carboxylic acids is 1. The van der Waals surface area contributed by atoms with Gasteiger partial charge in [-0.25, -0.2) is 0 Å². The molecule has 0 spiro atoms. The second kappa shape index (κ2) is 4.35. The molecule has 1 amide bonds. The van der Waals surface area contributed by atoms with Gasteiger partial charge in [0.1, 0.15) is 10.6 Å². The fraction of sp³-hybridized carbons (Fsp3) is 0.600. The maximum absolute atomic E-state index is 12.0. The third-order valence-electron chi connectivity index (χ3n) is 2.75. The summed E-state index contributed by atoms with van der Waals surface area (Å²) in [5, 5.41) is 4.19. The number of amides is 1. The van der Waals surface area contributed by atoms with Gasteiger partial charge in [-0.15, -0.1) is 0 Å². The van der Waals surface area contributed by atoms with E-state index in [4.69, 9.17) is 0 Å². The van der Waals surface area contributed by atoms with Crippen molar-refractivity contribution in [3.8, 4) is 0 Å². The lowest BCUT2D eigenvalue weighted by Gasteiger charge is -2.20. The number of aromatic nitrogens is 2. The van der Waals surface area contributed by atoms with Crippen molar-refractivity contribution in [2.24, 2.45) is 0 Å². The van der Waals surface area contributed by atoms with Crippen molar-refractivity contribution in [1.29, 1.82) is 0 Å². The van der Waals surface area contributed by atoms with Gasteiger partial charge in [0, 0.05) is 19.3 Å². The number of halogens is 1. The molecule has 0 bridgehead atoms. The van der Waals surface area contributed by atoms with Crippen molar-refractivity contribution in [3.05, 3.63) is 16.9 Å². The Balaban J connectivity index is 2.06. The zero-order chi connectivity index (χ0) is 10.8. The average Bonchev–Trinajstić information content (AvgIpc) is 2.85. The van der Waals surface area contributed by atoms with Crippen LogP contribution >= 0.6 is 15.9 Å². The van der Waals surface area contributed by atoms with Gasteiger partial charge in [0.15, 0.2) is 0 Å². The molecule has 0 aromatic carbocycles. The minimum atomic E-state index is -0.200. The Hall–Kier alpha value is -0.840. The molecule has 1 saturated heterocycles. The Kier molecular flexibility index (Phi) is 3.09. The van der Waals surface area contributed by atoms with Gasteiger partial charge in [-0.3, -0.25) is 9.48 Å². The Labute approximate surface area is 97.4 Å². The van der Waals surface area contributed by atoms with Crippen LogP contribution in [-0.2, 0) is 4.79 Å². The molecule has 2 rings (SSSR count). The molecule has 0 saturated carbocycles. The van der Waals surface area contributed by atoms with E-state index in [1.54, 1.807) is 4.68 Å². The first-order valence-corrected chi connectivity index (χ1v) is 5.97. The average molecular weight is 272 g/mol. The van der Waals surface area contributed by atoms with Crippen molar-refractivity contribution >= 4 is 21.8 Å². The molecule has 0 N–H and O–H groups in total. The number of carbonyl (C=O) groups is 1. The van der Waals surface area contributed by atoms with E-state index in [2.05, 4.69) is 21.0 Å². The Morgan fingerprint density at radius 3 is 2.73 bits per heavy atom. The standard InChI is InChI=1S/C10H14BrN3O/c1-8(14-7-4-9(11)12-14)10(15)13-5-2-3-6-13/h4,7-8H,2-3,5-6H2,1H3. The van der Waals surface area contributed by atoms with Gasteiger partial charge >= 0.3 is 0 Å². The minimum absolute atomic E-state index is 0.170. The normalized spacial score (nSPS) is 18.1. The van der Waals surface area contributed by atoms with E-state index in [-0.39, 0.29) is 11.9 Å². The summed E-state index contributed by atoms with van der Waals surface area (Å²) in [7, 11) is 0. The Morgan fingerprint density at radius 1 is 1.53 bits per heavy atom. The van der Waals surface area contributed by atoms with Crippen molar-refractivity contribution < 1.29 is 4.79 Å². The van der Waals surface area contributed by atoms with Gasteiger partial charge in [0.2, 0.25) is 5.91 Å². The lowest BCUT2D eigenvalue weighted by molar-refractivity contribution is -0.133. The van der Waals surface area contributed by atoms with Crippen molar-refractivity contribution in [1.82, 2.24) is 14.7 Å². The lowest BCUT2D eigenvalue weighted by Crippen LogP contribution is -2.34. The van der Waals surface area contributed by atoms with Crippen molar-refractivity contribution in [2.45, 2.75) is 25.8 Å². The molecule has 1 aliphatic heterocycles. The molecule has 1 aliphatic rings. The first-order valence-electron chi connectivity index (χ1n) is 5.18. The third kappa shape index (κ3) is 2.22. The molecule has 5 heteroatoms. The summed E-state index contributed by atoms with van der Waals surface area (Å²) < 4.78 is 2.47. The van der Waals surface area contributed by atoms with Crippen molar-refractivity contribution in [3.63, 3.8) is 0 Å². The fourth-order valence-corrected chi connectivity index (χ4v) is 2.15. The number of likely N-dealkylation sites (tertiary alicyclic amines) is 1. The van der Waals surface area contributed by atoms with Crippen LogP contribution in [0.25, 0.3) is 0 Å². The monoisotopic (exact) mass is 271 g/mol. The highest BCUT2D eigenvalue weighted by molar-refractivity contribution is 9.10. The molecular weight excluding hydrogens is 258 g/mol. The maximum atomic E-state index is 12.0. The van der Waals surface area contributed by atoms with Gasteiger partial charge in [-0.1, -0.05) is 0 Å². The lowest BCUT2D eigenvalue weighted by atomic mass is 10.3. The molecule has 0 aliphatic carbocycles. The van der Waals surface area contributed by atoms with Gasteiger partial charge in [0.05, 0.1) is 0 Å². The highest BCUT2D eigenvalue weighted by Crippen LogP contribution is 2.16. The summed E-state index contributed by atoms with van der Waals surface area (Å²) in [5.74, 6) is 0.170. The second-order valence-electron chi connectivity index (χ2n) is 3.83. The van der Waals surface area contributed by atoms with E-state index >= 15 is 0 Å². The summed E-state index contributed by atoms with van der Waals surface area (Å²) in [6.45, 7) is 3.68. The molecule has 1 unspecified atom stereocenters. The van der Waals surface area contributed by atoms with Gasteiger partial charge < -0.3 is 4.90 Å². The molecule has 2 heterocycles. The van der Waals surface area contributed by atoms with Gasteiger partial charge in [-0.2, -0.15) is 5.10 Å². The summed E-state index contributed by atoms with van der Waals surface area (Å²) in [4.78, 5) is 13.9. The highest BCUT2D eigenvalue weighted by atomic mass is 79.9.